The molecule has 0 aliphatic rings. The number of carbonyl (C=O) groups is 1. The van der Waals surface area contributed by atoms with Crippen LogP contribution in [0, 0.1) is 12.8 Å². The molecule has 0 aliphatic carbocycles. The molecule has 0 bridgehead atoms. The van der Waals surface area contributed by atoms with E-state index in [0.29, 0.717) is 23.1 Å². The van der Waals surface area contributed by atoms with Crippen LogP contribution in [-0.2, 0) is 14.8 Å². The van der Waals surface area contributed by atoms with E-state index < -0.39 is 27.7 Å². The summed E-state index contributed by atoms with van der Waals surface area (Å²) in [7, 11) is -2.40. The second-order valence-electron chi connectivity index (χ2n) is 9.08. The van der Waals surface area contributed by atoms with Crippen LogP contribution in [0.4, 0.5) is 0 Å². The van der Waals surface area contributed by atoms with Crippen molar-refractivity contribution in [1.29, 1.82) is 0 Å². The summed E-state index contributed by atoms with van der Waals surface area (Å²) in [5, 5.41) is 0.646. The number of aryl methyl sites for hydroxylation is 1. The number of sulfonamides is 1. The van der Waals surface area contributed by atoms with Gasteiger partial charge in [-0.3, -0.25) is 0 Å². The van der Waals surface area contributed by atoms with Gasteiger partial charge in [0, 0.05) is 17.5 Å². The zero-order valence-corrected chi connectivity index (χ0v) is 22.4. The van der Waals surface area contributed by atoms with Crippen LogP contribution in [0.1, 0.15) is 25.8 Å². The highest BCUT2D eigenvalue weighted by atomic mass is 32.2. The molecule has 1 N–H and O–H groups in total. The molecule has 0 unspecified atom stereocenters. The molecule has 0 fully saturated rings. The lowest BCUT2D eigenvalue weighted by atomic mass is 10.0. The third kappa shape index (κ3) is 5.95. The van der Waals surface area contributed by atoms with E-state index in [1.165, 1.54) is 24.3 Å². The number of methoxy groups -OCH3 is 1. The molecule has 0 amide bonds. The van der Waals surface area contributed by atoms with Gasteiger partial charge in [-0.05, 0) is 60.4 Å². The molecule has 0 radical (unpaired) electrons. The largest absolute Gasteiger partial charge is 0.497 e. The van der Waals surface area contributed by atoms with Crippen LogP contribution in [0.3, 0.4) is 0 Å². The highest BCUT2D eigenvalue weighted by Gasteiger charge is 2.31. The molecule has 0 spiro atoms. The van der Waals surface area contributed by atoms with E-state index in [-0.39, 0.29) is 22.1 Å². The Labute approximate surface area is 221 Å². The first-order valence-corrected chi connectivity index (χ1v) is 13.6. The van der Waals surface area contributed by atoms with Crippen molar-refractivity contribution in [3.63, 3.8) is 0 Å². The van der Waals surface area contributed by atoms with Gasteiger partial charge in [-0.25, -0.2) is 18.0 Å². The first kappa shape index (κ1) is 27.1. The Hall–Kier alpha value is -3.95. The zero-order chi connectivity index (χ0) is 27.4. The van der Waals surface area contributed by atoms with Gasteiger partial charge in [0.2, 0.25) is 10.0 Å². The normalized spacial score (nSPS) is 13.2. The monoisotopic (exact) mass is 535 g/mol. The lowest BCUT2D eigenvalue weighted by molar-refractivity contribution is -0.137. The van der Waals surface area contributed by atoms with E-state index >= 15 is 0 Å². The topological polar surface area (TPSA) is 112 Å². The lowest BCUT2D eigenvalue weighted by Crippen LogP contribution is -2.46. The Morgan fingerprint density at radius 1 is 0.974 bits per heavy atom. The molecule has 0 aliphatic heterocycles. The van der Waals surface area contributed by atoms with E-state index in [9.17, 15) is 18.0 Å². The Bertz CT molecular complexity index is 1610. The first-order chi connectivity index (χ1) is 18.1. The second-order valence-corrected chi connectivity index (χ2v) is 10.8. The molecular formula is C29H29NO7S. The maximum absolute atomic E-state index is 13.2. The van der Waals surface area contributed by atoms with Gasteiger partial charge in [-0.1, -0.05) is 50.1 Å². The van der Waals surface area contributed by atoms with E-state index in [1.807, 2.05) is 26.0 Å². The summed E-state index contributed by atoms with van der Waals surface area (Å²) in [5.74, 6) is -0.296. The third-order valence-corrected chi connectivity index (χ3v) is 7.87. The maximum atomic E-state index is 13.2. The second kappa shape index (κ2) is 11.2. The van der Waals surface area contributed by atoms with Crippen molar-refractivity contribution < 1.29 is 27.1 Å². The fraction of sp³-hybridized carbons (Fsp3) is 0.241. The van der Waals surface area contributed by atoms with Gasteiger partial charge in [-0.2, -0.15) is 4.72 Å². The van der Waals surface area contributed by atoms with E-state index in [4.69, 9.17) is 13.9 Å². The van der Waals surface area contributed by atoms with Gasteiger partial charge in [0.1, 0.15) is 23.1 Å². The van der Waals surface area contributed by atoms with Crippen LogP contribution in [-0.4, -0.2) is 27.5 Å². The van der Waals surface area contributed by atoms with Crippen molar-refractivity contribution >= 4 is 27.0 Å². The predicted molar refractivity (Wildman–Crippen MR) is 145 cm³/mol. The average molecular weight is 536 g/mol. The minimum Gasteiger partial charge on any atom is -0.497 e. The van der Waals surface area contributed by atoms with Crippen LogP contribution in [0.5, 0.6) is 11.5 Å². The minimum absolute atomic E-state index is 0.0581. The van der Waals surface area contributed by atoms with Gasteiger partial charge >= 0.3 is 11.6 Å². The number of nitrogens with one attached hydrogen (secondary N) is 1. The highest BCUT2D eigenvalue weighted by Crippen LogP contribution is 2.31. The van der Waals surface area contributed by atoms with Crippen LogP contribution >= 0.6 is 0 Å². The van der Waals surface area contributed by atoms with E-state index in [2.05, 4.69) is 4.72 Å². The van der Waals surface area contributed by atoms with Crippen LogP contribution in [0.15, 0.2) is 86.9 Å². The molecule has 8 nitrogen and oxygen atoms in total. The summed E-state index contributed by atoms with van der Waals surface area (Å²) in [5.41, 5.74) is 2.03. The highest BCUT2D eigenvalue weighted by molar-refractivity contribution is 7.89. The Kier molecular flexibility index (Phi) is 7.99. The Morgan fingerprint density at radius 3 is 2.26 bits per heavy atom. The molecule has 4 rings (SSSR count). The predicted octanol–water partition coefficient (Wildman–Crippen LogP) is 5.08. The SMILES string of the molecule is CC[C@H](C)[C@H](NS(=O)(=O)c1ccc(C)cc1)C(=O)Oc1ccc2c(-c3ccc(OC)cc3)cc(=O)oc2c1. The van der Waals surface area contributed by atoms with Gasteiger partial charge in [0.25, 0.3) is 0 Å². The van der Waals surface area contributed by atoms with Gasteiger partial charge in [0.15, 0.2) is 0 Å². The number of hydrogen-bond donors (Lipinski definition) is 1. The number of benzene rings is 3. The lowest BCUT2D eigenvalue weighted by Gasteiger charge is -2.22. The summed E-state index contributed by atoms with van der Waals surface area (Å²) >= 11 is 0. The van der Waals surface area contributed by atoms with Crippen molar-refractivity contribution in [3.05, 3.63) is 88.8 Å². The molecule has 0 saturated carbocycles. The van der Waals surface area contributed by atoms with Crippen molar-refractivity contribution in [2.45, 2.75) is 38.1 Å². The van der Waals surface area contributed by atoms with Crippen LogP contribution in [0.25, 0.3) is 22.1 Å². The molecule has 198 valence electrons. The summed E-state index contributed by atoms with van der Waals surface area (Å²) in [6, 6.07) is 18.6. The molecule has 0 saturated heterocycles. The number of fused-ring (bicyclic) bond motifs is 1. The molecular weight excluding hydrogens is 506 g/mol. The van der Waals surface area contributed by atoms with Crippen LogP contribution < -0.4 is 19.8 Å². The average Bonchev–Trinajstić information content (AvgIpc) is 2.91. The zero-order valence-electron chi connectivity index (χ0n) is 21.6. The quantitative estimate of drug-likeness (QED) is 0.181. The molecule has 1 aromatic heterocycles. The van der Waals surface area contributed by atoms with E-state index in [1.54, 1.807) is 50.4 Å². The fourth-order valence-corrected chi connectivity index (χ4v) is 5.27. The molecule has 38 heavy (non-hydrogen) atoms. The first-order valence-electron chi connectivity index (χ1n) is 12.1. The van der Waals surface area contributed by atoms with Gasteiger partial charge in [-0.15, -0.1) is 0 Å². The number of ether oxygens (including phenoxy) is 2. The Balaban J connectivity index is 1.62. The van der Waals surface area contributed by atoms with Crippen molar-refractivity contribution in [1.82, 2.24) is 4.72 Å². The maximum Gasteiger partial charge on any atom is 0.336 e. The van der Waals surface area contributed by atoms with Crippen molar-refractivity contribution in [2.24, 2.45) is 5.92 Å². The summed E-state index contributed by atoms with van der Waals surface area (Å²) < 4.78 is 44.6. The molecule has 9 heteroatoms. The molecule has 4 aromatic rings. The van der Waals surface area contributed by atoms with Crippen molar-refractivity contribution in [2.75, 3.05) is 7.11 Å². The summed E-state index contributed by atoms with van der Waals surface area (Å²) in [6.45, 7) is 5.48. The number of rotatable bonds is 9. The summed E-state index contributed by atoms with van der Waals surface area (Å²) in [6.07, 6.45) is 0.536. The summed E-state index contributed by atoms with van der Waals surface area (Å²) in [4.78, 5) is 25.5. The Morgan fingerprint density at radius 2 is 1.63 bits per heavy atom. The van der Waals surface area contributed by atoms with Crippen molar-refractivity contribution in [3.8, 4) is 22.6 Å². The molecule has 3 aromatic carbocycles. The third-order valence-electron chi connectivity index (χ3n) is 6.42. The van der Waals surface area contributed by atoms with Gasteiger partial charge < -0.3 is 13.9 Å². The smallest absolute Gasteiger partial charge is 0.336 e. The number of esters is 1. The van der Waals surface area contributed by atoms with Crippen LogP contribution in [0.2, 0.25) is 0 Å². The van der Waals surface area contributed by atoms with E-state index in [0.717, 1.165) is 11.1 Å². The minimum atomic E-state index is -3.97. The molecule has 1 heterocycles. The molecule has 2 atom stereocenters. The number of hydrogen-bond acceptors (Lipinski definition) is 7. The fourth-order valence-electron chi connectivity index (χ4n) is 3.98. The number of carbonyl (C=O) groups excluding carboxylic acids is 1. The standard InChI is InChI=1S/C29H29NO7S/c1-5-19(3)28(30-38(33,34)23-13-6-18(2)7-14-23)29(32)36-22-12-15-24-25(17-27(31)37-26(24)16-22)20-8-10-21(35-4)11-9-20/h6-17,19,28,30H,5H2,1-4H3/t19-,28-/m0/s1. The van der Waals surface area contributed by atoms with Gasteiger partial charge in [0.05, 0.1) is 12.0 Å².